The van der Waals surface area contributed by atoms with E-state index in [0.717, 1.165) is 33.7 Å². The number of hydrogen-bond donors (Lipinski definition) is 2. The fourth-order valence-electron chi connectivity index (χ4n) is 4.54. The molecule has 0 aliphatic heterocycles. The van der Waals surface area contributed by atoms with Crippen LogP contribution in [0.4, 0.5) is 0 Å². The highest BCUT2D eigenvalue weighted by Gasteiger charge is 2.24. The number of nitrogens with one attached hydrogen (secondary N) is 2. The highest BCUT2D eigenvalue weighted by Crippen LogP contribution is 2.29. The molecule has 4 aromatic heterocycles. The number of pyridine rings is 1. The standard InChI is InChI=1S/C29H23ClN6O2/c1-36-24(18-8-10-19(11-9-18)27-32-13-14-33-27)17-34-28(36)23(16-21-6-2-3-12-31-21)35-29(37)25-15-20-5-4-7-22(30)26(20)38-25/h2-15,17,23H,16H2,1H3,(H,32,33)(H,35,37). The van der Waals surface area contributed by atoms with Gasteiger partial charge in [-0.25, -0.2) is 9.97 Å². The zero-order valence-electron chi connectivity index (χ0n) is 20.4. The Bertz CT molecular complexity index is 1710. The van der Waals surface area contributed by atoms with Gasteiger partial charge in [0.1, 0.15) is 11.6 Å². The van der Waals surface area contributed by atoms with Gasteiger partial charge in [0.25, 0.3) is 5.91 Å². The maximum atomic E-state index is 13.3. The van der Waals surface area contributed by atoms with Crippen molar-refractivity contribution in [3.63, 3.8) is 0 Å². The Balaban J connectivity index is 1.31. The summed E-state index contributed by atoms with van der Waals surface area (Å²) in [4.78, 5) is 29.9. The number of aromatic nitrogens is 5. The molecule has 0 bridgehead atoms. The highest BCUT2D eigenvalue weighted by molar-refractivity contribution is 6.34. The first kappa shape index (κ1) is 23.7. The Morgan fingerprint density at radius 1 is 1.03 bits per heavy atom. The van der Waals surface area contributed by atoms with E-state index < -0.39 is 6.04 Å². The summed E-state index contributed by atoms with van der Waals surface area (Å²) in [6.07, 6.45) is 7.53. The molecule has 38 heavy (non-hydrogen) atoms. The van der Waals surface area contributed by atoms with E-state index in [0.29, 0.717) is 22.9 Å². The van der Waals surface area contributed by atoms with Gasteiger partial charge in [0.05, 0.1) is 23.0 Å². The first-order valence-electron chi connectivity index (χ1n) is 12.1. The minimum atomic E-state index is -0.456. The van der Waals surface area contributed by atoms with E-state index in [4.69, 9.17) is 21.0 Å². The number of benzene rings is 2. The van der Waals surface area contributed by atoms with Crippen LogP contribution >= 0.6 is 11.6 Å². The van der Waals surface area contributed by atoms with Gasteiger partial charge in [0, 0.05) is 48.7 Å². The molecule has 0 fully saturated rings. The maximum Gasteiger partial charge on any atom is 0.287 e. The largest absolute Gasteiger partial charge is 0.449 e. The third-order valence-electron chi connectivity index (χ3n) is 6.45. The molecule has 6 rings (SSSR count). The lowest BCUT2D eigenvalue weighted by Crippen LogP contribution is -2.31. The van der Waals surface area contributed by atoms with Crippen molar-refractivity contribution < 1.29 is 9.21 Å². The average molecular weight is 523 g/mol. The van der Waals surface area contributed by atoms with Crippen molar-refractivity contribution in [2.75, 3.05) is 0 Å². The van der Waals surface area contributed by atoms with Gasteiger partial charge in [0.2, 0.25) is 0 Å². The Labute approximate surface area is 223 Å². The lowest BCUT2D eigenvalue weighted by molar-refractivity contribution is 0.0908. The van der Waals surface area contributed by atoms with Crippen molar-refractivity contribution in [2.45, 2.75) is 12.5 Å². The number of carbonyl (C=O) groups excluding carboxylic acids is 1. The van der Waals surface area contributed by atoms with Crippen LogP contribution in [0.3, 0.4) is 0 Å². The van der Waals surface area contributed by atoms with Crippen molar-refractivity contribution >= 4 is 28.5 Å². The highest BCUT2D eigenvalue weighted by atomic mass is 35.5. The second kappa shape index (κ2) is 9.99. The fraction of sp³-hybridized carbons (Fsp3) is 0.103. The minimum Gasteiger partial charge on any atom is -0.449 e. The summed E-state index contributed by atoms with van der Waals surface area (Å²) in [6.45, 7) is 0. The summed E-state index contributed by atoms with van der Waals surface area (Å²) in [5.74, 6) is 1.34. The lowest BCUT2D eigenvalue weighted by Gasteiger charge is -2.18. The van der Waals surface area contributed by atoms with E-state index in [9.17, 15) is 4.79 Å². The topological polar surface area (TPSA) is 102 Å². The quantitative estimate of drug-likeness (QED) is 0.268. The number of amides is 1. The van der Waals surface area contributed by atoms with Gasteiger partial charge in [-0.3, -0.25) is 9.78 Å². The molecule has 1 amide bonds. The van der Waals surface area contributed by atoms with Gasteiger partial charge >= 0.3 is 0 Å². The first-order chi connectivity index (χ1) is 18.6. The van der Waals surface area contributed by atoms with Crippen LogP contribution in [-0.4, -0.2) is 30.4 Å². The molecule has 0 aliphatic carbocycles. The molecule has 2 aromatic carbocycles. The number of H-pyrrole nitrogens is 1. The third kappa shape index (κ3) is 4.57. The smallest absolute Gasteiger partial charge is 0.287 e. The predicted molar refractivity (Wildman–Crippen MR) is 146 cm³/mol. The van der Waals surface area contributed by atoms with Crippen LogP contribution in [0.2, 0.25) is 5.02 Å². The van der Waals surface area contributed by atoms with Crippen molar-refractivity contribution in [3.05, 3.63) is 114 Å². The minimum absolute atomic E-state index is 0.182. The van der Waals surface area contributed by atoms with Crippen LogP contribution in [-0.2, 0) is 13.5 Å². The molecule has 0 radical (unpaired) electrons. The maximum absolute atomic E-state index is 13.3. The Morgan fingerprint density at radius 3 is 2.61 bits per heavy atom. The monoisotopic (exact) mass is 522 g/mol. The Kier molecular flexibility index (Phi) is 6.23. The molecule has 0 saturated carbocycles. The normalized spacial score (nSPS) is 12.1. The van der Waals surface area contributed by atoms with Crippen LogP contribution < -0.4 is 5.32 Å². The van der Waals surface area contributed by atoms with Crippen molar-refractivity contribution in [2.24, 2.45) is 7.05 Å². The molecule has 0 spiro atoms. The molecule has 188 valence electrons. The fourth-order valence-corrected chi connectivity index (χ4v) is 4.76. The van der Waals surface area contributed by atoms with Crippen LogP contribution in [0.1, 0.15) is 28.1 Å². The van der Waals surface area contributed by atoms with E-state index in [1.165, 1.54) is 0 Å². The molecule has 2 N–H and O–H groups in total. The number of hydrogen-bond acceptors (Lipinski definition) is 5. The Hall–Kier alpha value is -4.69. The van der Waals surface area contributed by atoms with E-state index in [-0.39, 0.29) is 11.7 Å². The van der Waals surface area contributed by atoms with Gasteiger partial charge < -0.3 is 19.3 Å². The number of halogens is 1. The molecular weight excluding hydrogens is 500 g/mol. The number of aromatic amines is 1. The Morgan fingerprint density at radius 2 is 1.87 bits per heavy atom. The van der Waals surface area contributed by atoms with Crippen molar-refractivity contribution in [1.29, 1.82) is 0 Å². The SMILES string of the molecule is Cn1c(-c2ccc(-c3ncc[nH]3)cc2)cnc1C(Cc1ccccn1)NC(=O)c1cc2cccc(Cl)c2o1. The number of furan rings is 1. The summed E-state index contributed by atoms with van der Waals surface area (Å²) in [6, 6.07) is 20.5. The van der Waals surface area contributed by atoms with E-state index in [1.807, 2.05) is 72.4 Å². The van der Waals surface area contributed by atoms with Gasteiger partial charge in [-0.05, 0) is 29.8 Å². The van der Waals surface area contributed by atoms with Gasteiger partial charge in [-0.2, -0.15) is 0 Å². The van der Waals surface area contributed by atoms with Gasteiger partial charge in [-0.1, -0.05) is 54.1 Å². The van der Waals surface area contributed by atoms with Crippen molar-refractivity contribution in [1.82, 2.24) is 29.8 Å². The molecule has 0 saturated heterocycles. The molecule has 4 heterocycles. The molecule has 8 nitrogen and oxygen atoms in total. The average Bonchev–Trinajstić information content (AvgIpc) is 3.70. The van der Waals surface area contributed by atoms with E-state index in [1.54, 1.807) is 30.7 Å². The van der Waals surface area contributed by atoms with Crippen LogP contribution in [0, 0.1) is 0 Å². The van der Waals surface area contributed by atoms with Gasteiger partial charge in [-0.15, -0.1) is 0 Å². The molecule has 1 unspecified atom stereocenters. The first-order valence-corrected chi connectivity index (χ1v) is 12.5. The third-order valence-corrected chi connectivity index (χ3v) is 6.75. The molecular formula is C29H23ClN6O2. The predicted octanol–water partition coefficient (Wildman–Crippen LogP) is 5.99. The second-order valence-corrected chi connectivity index (χ2v) is 9.30. The molecule has 0 aliphatic rings. The lowest BCUT2D eigenvalue weighted by atomic mass is 10.1. The number of para-hydroxylation sites is 1. The van der Waals surface area contributed by atoms with Gasteiger partial charge in [0.15, 0.2) is 11.3 Å². The van der Waals surface area contributed by atoms with E-state index in [2.05, 4.69) is 20.3 Å². The second-order valence-electron chi connectivity index (χ2n) is 8.90. The number of carbonyl (C=O) groups is 1. The van der Waals surface area contributed by atoms with Crippen LogP contribution in [0.15, 0.2) is 95.9 Å². The summed E-state index contributed by atoms with van der Waals surface area (Å²) < 4.78 is 7.79. The number of imidazole rings is 2. The zero-order valence-corrected chi connectivity index (χ0v) is 21.2. The summed E-state index contributed by atoms with van der Waals surface area (Å²) in [5, 5.41) is 4.32. The van der Waals surface area contributed by atoms with Crippen molar-refractivity contribution in [3.8, 4) is 22.6 Å². The van der Waals surface area contributed by atoms with E-state index >= 15 is 0 Å². The number of rotatable bonds is 7. The summed E-state index contributed by atoms with van der Waals surface area (Å²) in [7, 11) is 1.94. The zero-order chi connectivity index (χ0) is 26.1. The molecule has 9 heteroatoms. The summed E-state index contributed by atoms with van der Waals surface area (Å²) in [5.41, 5.74) is 4.22. The molecule has 1 atom stereocenters. The number of nitrogens with zero attached hydrogens (tertiary/aromatic N) is 4. The molecule has 6 aromatic rings. The number of fused-ring (bicyclic) bond motifs is 1. The van der Waals surface area contributed by atoms with Crippen LogP contribution in [0.5, 0.6) is 0 Å². The summed E-state index contributed by atoms with van der Waals surface area (Å²) >= 11 is 6.25. The van der Waals surface area contributed by atoms with Crippen LogP contribution in [0.25, 0.3) is 33.6 Å².